The van der Waals surface area contributed by atoms with Crippen molar-refractivity contribution in [3.63, 3.8) is 0 Å². The Morgan fingerprint density at radius 3 is 2.33 bits per heavy atom. The summed E-state index contributed by atoms with van der Waals surface area (Å²) in [6.07, 6.45) is 2.11. The lowest BCUT2D eigenvalue weighted by atomic mass is 10.1. The predicted octanol–water partition coefficient (Wildman–Crippen LogP) is 2.61. The largest absolute Gasteiger partial charge is 0.478 e. The SMILES string of the molecule is CC(C)(Oc1ccc(F)cc1)C(=O)N1CCCC1. The second-order valence-electron chi connectivity index (χ2n) is 5.07. The summed E-state index contributed by atoms with van der Waals surface area (Å²) in [5.74, 6) is 0.185. The average molecular weight is 251 g/mol. The summed E-state index contributed by atoms with van der Waals surface area (Å²) >= 11 is 0. The molecular weight excluding hydrogens is 233 g/mol. The van der Waals surface area contributed by atoms with E-state index in [4.69, 9.17) is 4.74 Å². The van der Waals surface area contributed by atoms with Gasteiger partial charge in [0.15, 0.2) is 5.60 Å². The molecule has 0 unspecified atom stereocenters. The van der Waals surface area contributed by atoms with E-state index in [1.54, 1.807) is 13.8 Å². The number of hydrogen-bond acceptors (Lipinski definition) is 2. The molecule has 1 aliphatic rings. The molecule has 2 rings (SSSR count). The number of ether oxygens (including phenoxy) is 1. The molecule has 1 aliphatic heterocycles. The fourth-order valence-corrected chi connectivity index (χ4v) is 2.14. The van der Waals surface area contributed by atoms with E-state index >= 15 is 0 Å². The molecule has 1 aromatic carbocycles. The first kappa shape index (κ1) is 12.9. The molecule has 18 heavy (non-hydrogen) atoms. The van der Waals surface area contributed by atoms with E-state index in [2.05, 4.69) is 0 Å². The van der Waals surface area contributed by atoms with Crippen LogP contribution in [0.25, 0.3) is 0 Å². The fraction of sp³-hybridized carbons (Fsp3) is 0.500. The number of hydrogen-bond donors (Lipinski definition) is 0. The summed E-state index contributed by atoms with van der Waals surface area (Å²) in [4.78, 5) is 14.1. The number of halogens is 1. The molecule has 0 saturated carbocycles. The topological polar surface area (TPSA) is 29.5 Å². The lowest BCUT2D eigenvalue weighted by molar-refractivity contribution is -0.144. The zero-order valence-corrected chi connectivity index (χ0v) is 10.8. The Morgan fingerprint density at radius 1 is 1.22 bits per heavy atom. The van der Waals surface area contributed by atoms with Crippen LogP contribution in [0.2, 0.25) is 0 Å². The van der Waals surface area contributed by atoms with Crippen LogP contribution in [0.4, 0.5) is 4.39 Å². The van der Waals surface area contributed by atoms with Gasteiger partial charge in [-0.1, -0.05) is 0 Å². The van der Waals surface area contributed by atoms with Crippen molar-refractivity contribution in [1.29, 1.82) is 0 Å². The molecule has 0 aliphatic carbocycles. The maximum absolute atomic E-state index is 12.8. The van der Waals surface area contributed by atoms with E-state index in [0.717, 1.165) is 25.9 Å². The average Bonchev–Trinajstić information content (AvgIpc) is 2.84. The van der Waals surface area contributed by atoms with Gasteiger partial charge in [-0.3, -0.25) is 4.79 Å². The molecular formula is C14H18FNO2. The van der Waals surface area contributed by atoms with E-state index < -0.39 is 5.60 Å². The van der Waals surface area contributed by atoms with Gasteiger partial charge >= 0.3 is 0 Å². The van der Waals surface area contributed by atoms with Crippen LogP contribution < -0.4 is 4.74 Å². The molecule has 3 nitrogen and oxygen atoms in total. The Bertz CT molecular complexity index is 422. The standard InChI is InChI=1S/C14H18FNO2/c1-14(2,13(17)16-9-3-4-10-16)18-12-7-5-11(15)6-8-12/h5-8H,3-4,9-10H2,1-2H3. The summed E-state index contributed by atoms with van der Waals surface area (Å²) in [5.41, 5.74) is -0.915. The lowest BCUT2D eigenvalue weighted by Crippen LogP contribution is -2.47. The highest BCUT2D eigenvalue weighted by Gasteiger charge is 2.35. The van der Waals surface area contributed by atoms with Gasteiger partial charge in [0, 0.05) is 13.1 Å². The Morgan fingerprint density at radius 2 is 1.78 bits per heavy atom. The van der Waals surface area contributed by atoms with Crippen molar-refractivity contribution >= 4 is 5.91 Å². The van der Waals surface area contributed by atoms with Gasteiger partial charge in [0.1, 0.15) is 11.6 Å². The van der Waals surface area contributed by atoms with Crippen molar-refractivity contribution in [2.75, 3.05) is 13.1 Å². The monoisotopic (exact) mass is 251 g/mol. The number of benzene rings is 1. The van der Waals surface area contributed by atoms with Gasteiger partial charge in [0.05, 0.1) is 0 Å². The van der Waals surface area contributed by atoms with Gasteiger partial charge < -0.3 is 9.64 Å². The van der Waals surface area contributed by atoms with Crippen molar-refractivity contribution in [3.8, 4) is 5.75 Å². The minimum absolute atomic E-state index is 0.00988. The maximum Gasteiger partial charge on any atom is 0.266 e. The van der Waals surface area contributed by atoms with Crippen LogP contribution in [0.5, 0.6) is 5.75 Å². The third kappa shape index (κ3) is 2.81. The molecule has 0 spiro atoms. The summed E-state index contributed by atoms with van der Waals surface area (Å²) in [5, 5.41) is 0. The Labute approximate surface area is 107 Å². The van der Waals surface area contributed by atoms with E-state index in [9.17, 15) is 9.18 Å². The van der Waals surface area contributed by atoms with Crippen molar-refractivity contribution < 1.29 is 13.9 Å². The Balaban J connectivity index is 2.05. The molecule has 1 heterocycles. The molecule has 0 bridgehead atoms. The van der Waals surface area contributed by atoms with Crippen LogP contribution in [-0.4, -0.2) is 29.5 Å². The molecule has 0 radical (unpaired) electrons. The zero-order valence-electron chi connectivity index (χ0n) is 10.8. The molecule has 1 aromatic rings. The van der Waals surface area contributed by atoms with Crippen molar-refractivity contribution in [1.82, 2.24) is 4.90 Å². The Hall–Kier alpha value is -1.58. The third-order valence-corrected chi connectivity index (χ3v) is 3.09. The van der Waals surface area contributed by atoms with Gasteiger partial charge in [-0.25, -0.2) is 4.39 Å². The number of nitrogens with zero attached hydrogens (tertiary/aromatic N) is 1. The molecule has 0 N–H and O–H groups in total. The van der Waals surface area contributed by atoms with E-state index in [1.807, 2.05) is 4.90 Å². The van der Waals surface area contributed by atoms with Crippen molar-refractivity contribution in [2.24, 2.45) is 0 Å². The zero-order chi connectivity index (χ0) is 13.2. The number of likely N-dealkylation sites (tertiary alicyclic amines) is 1. The summed E-state index contributed by atoms with van der Waals surface area (Å²) < 4.78 is 18.5. The minimum atomic E-state index is -0.915. The molecule has 0 aromatic heterocycles. The van der Waals surface area contributed by atoms with Gasteiger partial charge in [0.2, 0.25) is 0 Å². The highest BCUT2D eigenvalue weighted by Crippen LogP contribution is 2.22. The quantitative estimate of drug-likeness (QED) is 0.826. The first-order valence-electron chi connectivity index (χ1n) is 6.23. The van der Waals surface area contributed by atoms with Gasteiger partial charge in [-0.05, 0) is 51.0 Å². The lowest BCUT2D eigenvalue weighted by Gasteiger charge is -2.29. The number of rotatable bonds is 3. The molecule has 98 valence electrons. The minimum Gasteiger partial charge on any atom is -0.478 e. The highest BCUT2D eigenvalue weighted by atomic mass is 19.1. The molecule has 4 heteroatoms. The predicted molar refractivity (Wildman–Crippen MR) is 66.9 cm³/mol. The Kier molecular flexibility index (Phi) is 3.55. The summed E-state index contributed by atoms with van der Waals surface area (Å²) in [6, 6.07) is 5.72. The maximum atomic E-state index is 12.8. The number of carbonyl (C=O) groups excluding carboxylic acids is 1. The third-order valence-electron chi connectivity index (χ3n) is 3.09. The van der Waals surface area contributed by atoms with E-state index in [-0.39, 0.29) is 11.7 Å². The summed E-state index contributed by atoms with van der Waals surface area (Å²) in [7, 11) is 0. The second kappa shape index (κ2) is 4.96. The van der Waals surface area contributed by atoms with Crippen LogP contribution >= 0.6 is 0 Å². The van der Waals surface area contributed by atoms with E-state index in [1.165, 1.54) is 24.3 Å². The van der Waals surface area contributed by atoms with Crippen molar-refractivity contribution in [3.05, 3.63) is 30.1 Å². The molecule has 1 fully saturated rings. The molecule has 0 atom stereocenters. The van der Waals surface area contributed by atoms with Gasteiger partial charge in [0.25, 0.3) is 5.91 Å². The van der Waals surface area contributed by atoms with Crippen LogP contribution in [0, 0.1) is 5.82 Å². The van der Waals surface area contributed by atoms with Crippen LogP contribution in [-0.2, 0) is 4.79 Å². The van der Waals surface area contributed by atoms with Crippen LogP contribution in [0.15, 0.2) is 24.3 Å². The number of carbonyl (C=O) groups is 1. The molecule has 1 amide bonds. The second-order valence-corrected chi connectivity index (χ2v) is 5.07. The van der Waals surface area contributed by atoms with Crippen LogP contribution in [0.3, 0.4) is 0 Å². The first-order chi connectivity index (χ1) is 8.49. The van der Waals surface area contributed by atoms with Crippen molar-refractivity contribution in [2.45, 2.75) is 32.3 Å². The molecule has 1 saturated heterocycles. The smallest absolute Gasteiger partial charge is 0.266 e. The van der Waals surface area contributed by atoms with Crippen LogP contribution in [0.1, 0.15) is 26.7 Å². The normalized spacial score (nSPS) is 15.8. The summed E-state index contributed by atoms with van der Waals surface area (Å²) in [6.45, 7) is 5.10. The van der Waals surface area contributed by atoms with Gasteiger partial charge in [-0.2, -0.15) is 0 Å². The van der Waals surface area contributed by atoms with E-state index in [0.29, 0.717) is 5.75 Å². The fourth-order valence-electron chi connectivity index (χ4n) is 2.14. The van der Waals surface area contributed by atoms with Gasteiger partial charge in [-0.15, -0.1) is 0 Å². The number of amides is 1. The first-order valence-corrected chi connectivity index (χ1v) is 6.23. The highest BCUT2D eigenvalue weighted by molar-refractivity contribution is 5.85.